The molecule has 16 heavy (non-hydrogen) atoms. The maximum atomic E-state index is 12.0. The molecule has 3 N–H and O–H groups in total. The lowest BCUT2D eigenvalue weighted by Gasteiger charge is -2.29. The van der Waals surface area contributed by atoms with Crippen molar-refractivity contribution in [1.82, 2.24) is 5.32 Å². The molecule has 2 aliphatic carbocycles. The number of carbonyl (C=O) groups is 1. The largest absolute Gasteiger partial charge is 0.394 e. The first-order valence-corrected chi connectivity index (χ1v) is 5.80. The van der Waals surface area contributed by atoms with Gasteiger partial charge in [-0.3, -0.25) is 4.79 Å². The van der Waals surface area contributed by atoms with Crippen molar-refractivity contribution in [3.63, 3.8) is 0 Å². The molecule has 0 aromatic carbocycles. The van der Waals surface area contributed by atoms with E-state index in [0.717, 1.165) is 12.8 Å². The molecule has 2 aliphatic rings. The molecule has 2 rings (SSSR count). The van der Waals surface area contributed by atoms with Gasteiger partial charge in [0.05, 0.1) is 18.8 Å². The fourth-order valence-corrected chi connectivity index (χ4v) is 2.60. The number of aliphatic hydroxyl groups is 2. The van der Waals surface area contributed by atoms with E-state index in [2.05, 4.69) is 17.5 Å². The van der Waals surface area contributed by atoms with E-state index >= 15 is 0 Å². The highest BCUT2D eigenvalue weighted by Crippen LogP contribution is 2.43. The lowest BCUT2D eigenvalue weighted by molar-refractivity contribution is -0.128. The number of hydrogen-bond acceptors (Lipinski definition) is 3. The van der Waals surface area contributed by atoms with Gasteiger partial charge in [-0.25, -0.2) is 0 Å². The van der Waals surface area contributed by atoms with Gasteiger partial charge in [-0.2, -0.15) is 0 Å². The van der Waals surface area contributed by atoms with Crippen molar-refractivity contribution in [3.8, 4) is 0 Å². The zero-order chi connectivity index (χ0) is 11.8. The number of aliphatic hydroxyl groups excluding tert-OH is 2. The number of amides is 1. The van der Waals surface area contributed by atoms with Crippen LogP contribution in [0.4, 0.5) is 0 Å². The molecule has 0 spiro atoms. The van der Waals surface area contributed by atoms with Gasteiger partial charge in [0, 0.05) is 5.92 Å². The Labute approximate surface area is 95.4 Å². The van der Waals surface area contributed by atoms with Gasteiger partial charge in [0.2, 0.25) is 5.91 Å². The lowest BCUT2D eigenvalue weighted by Crippen LogP contribution is -2.53. The van der Waals surface area contributed by atoms with E-state index in [4.69, 9.17) is 10.2 Å². The summed E-state index contributed by atoms with van der Waals surface area (Å²) in [4.78, 5) is 12.0. The zero-order valence-electron chi connectivity index (χ0n) is 9.52. The highest BCUT2D eigenvalue weighted by atomic mass is 16.3. The first kappa shape index (κ1) is 11.6. The number of rotatable bonds is 4. The Morgan fingerprint density at radius 3 is 2.50 bits per heavy atom. The van der Waals surface area contributed by atoms with E-state index in [1.807, 2.05) is 0 Å². The van der Waals surface area contributed by atoms with E-state index in [1.54, 1.807) is 6.92 Å². The van der Waals surface area contributed by atoms with Gasteiger partial charge in [0.25, 0.3) is 0 Å². The molecule has 0 radical (unpaired) electrons. The Bertz CT molecular complexity index is 309. The van der Waals surface area contributed by atoms with Crippen LogP contribution in [-0.4, -0.2) is 34.9 Å². The van der Waals surface area contributed by atoms with Gasteiger partial charge in [0.1, 0.15) is 0 Å². The minimum atomic E-state index is -0.900. The van der Waals surface area contributed by atoms with Crippen LogP contribution in [0.1, 0.15) is 19.8 Å². The van der Waals surface area contributed by atoms with Crippen LogP contribution in [0.15, 0.2) is 12.2 Å². The number of carbonyl (C=O) groups excluding carboxylic acids is 1. The molecular formula is C12H19NO3. The lowest BCUT2D eigenvalue weighted by atomic mass is 9.91. The van der Waals surface area contributed by atoms with E-state index < -0.39 is 5.54 Å². The molecule has 0 aliphatic heterocycles. The van der Waals surface area contributed by atoms with E-state index in [-0.39, 0.29) is 25.0 Å². The van der Waals surface area contributed by atoms with Crippen LogP contribution in [0.5, 0.6) is 0 Å². The van der Waals surface area contributed by atoms with Crippen molar-refractivity contribution in [3.05, 3.63) is 12.2 Å². The van der Waals surface area contributed by atoms with E-state index in [0.29, 0.717) is 11.8 Å². The minimum absolute atomic E-state index is 0.0208. The molecule has 4 nitrogen and oxygen atoms in total. The molecule has 3 unspecified atom stereocenters. The second kappa shape index (κ2) is 4.18. The Morgan fingerprint density at radius 1 is 1.38 bits per heavy atom. The molecular weight excluding hydrogens is 206 g/mol. The van der Waals surface area contributed by atoms with Crippen LogP contribution in [-0.2, 0) is 4.79 Å². The molecule has 1 amide bonds. The maximum Gasteiger partial charge on any atom is 0.224 e. The van der Waals surface area contributed by atoms with Crippen LogP contribution in [0.2, 0.25) is 0 Å². The molecule has 0 aromatic rings. The Morgan fingerprint density at radius 2 is 2.06 bits per heavy atom. The van der Waals surface area contributed by atoms with Gasteiger partial charge in [-0.05, 0) is 31.6 Å². The summed E-state index contributed by atoms with van der Waals surface area (Å²) in [7, 11) is 0. The van der Waals surface area contributed by atoms with E-state index in [1.165, 1.54) is 0 Å². The zero-order valence-corrected chi connectivity index (χ0v) is 9.52. The number of nitrogens with one attached hydrogen (secondary N) is 1. The normalized spacial score (nSPS) is 32.1. The summed E-state index contributed by atoms with van der Waals surface area (Å²) in [6, 6.07) is 0. The Hall–Kier alpha value is -0.870. The van der Waals surface area contributed by atoms with Gasteiger partial charge >= 0.3 is 0 Å². The maximum absolute atomic E-state index is 12.0. The molecule has 4 heteroatoms. The average molecular weight is 225 g/mol. The predicted octanol–water partition coefficient (Wildman–Crippen LogP) is 0.0581. The smallest absolute Gasteiger partial charge is 0.224 e. The van der Waals surface area contributed by atoms with Crippen LogP contribution in [0.3, 0.4) is 0 Å². The molecule has 3 atom stereocenters. The predicted molar refractivity (Wildman–Crippen MR) is 59.6 cm³/mol. The number of hydrogen-bond donors (Lipinski definition) is 3. The summed E-state index contributed by atoms with van der Waals surface area (Å²) in [6.45, 7) is 1.16. The molecule has 0 aromatic heterocycles. The van der Waals surface area contributed by atoms with Crippen LogP contribution >= 0.6 is 0 Å². The van der Waals surface area contributed by atoms with Crippen LogP contribution in [0, 0.1) is 17.8 Å². The summed E-state index contributed by atoms with van der Waals surface area (Å²) in [5, 5.41) is 21.0. The van der Waals surface area contributed by atoms with Crippen molar-refractivity contribution in [2.75, 3.05) is 13.2 Å². The SMILES string of the molecule is CC(CO)(CO)NC(=O)C1CC2C=CC1C2. The Balaban J connectivity index is 1.96. The molecule has 0 saturated heterocycles. The summed E-state index contributed by atoms with van der Waals surface area (Å²) >= 11 is 0. The van der Waals surface area contributed by atoms with Crippen molar-refractivity contribution in [2.24, 2.45) is 17.8 Å². The molecule has 90 valence electrons. The fourth-order valence-electron chi connectivity index (χ4n) is 2.60. The first-order valence-electron chi connectivity index (χ1n) is 5.80. The van der Waals surface area contributed by atoms with Crippen molar-refractivity contribution in [2.45, 2.75) is 25.3 Å². The van der Waals surface area contributed by atoms with Gasteiger partial charge < -0.3 is 15.5 Å². The van der Waals surface area contributed by atoms with Crippen molar-refractivity contribution in [1.29, 1.82) is 0 Å². The summed E-state index contributed by atoms with van der Waals surface area (Å²) in [5.74, 6) is 0.886. The molecule has 1 fully saturated rings. The summed E-state index contributed by atoms with van der Waals surface area (Å²) in [6.07, 6.45) is 6.28. The topological polar surface area (TPSA) is 69.6 Å². The number of allylic oxidation sites excluding steroid dienone is 2. The third-order valence-corrected chi connectivity index (χ3v) is 3.74. The monoisotopic (exact) mass is 225 g/mol. The number of fused-ring (bicyclic) bond motifs is 2. The van der Waals surface area contributed by atoms with Gasteiger partial charge in [-0.1, -0.05) is 12.2 Å². The highest BCUT2D eigenvalue weighted by molar-refractivity contribution is 5.80. The standard InChI is InChI=1S/C12H19NO3/c1-12(6-14,7-15)13-11(16)10-5-8-2-3-9(10)4-8/h2-3,8-10,14-15H,4-7H2,1H3,(H,13,16). The summed E-state index contributed by atoms with van der Waals surface area (Å²) < 4.78 is 0. The second-order valence-electron chi connectivity index (χ2n) is 5.25. The fraction of sp³-hybridized carbons (Fsp3) is 0.750. The Kier molecular flexibility index (Phi) is 3.04. The summed E-state index contributed by atoms with van der Waals surface area (Å²) in [5.41, 5.74) is -0.900. The molecule has 0 heterocycles. The van der Waals surface area contributed by atoms with Crippen molar-refractivity contribution >= 4 is 5.91 Å². The van der Waals surface area contributed by atoms with Crippen LogP contribution < -0.4 is 5.32 Å². The highest BCUT2D eigenvalue weighted by Gasteiger charge is 2.41. The molecule has 2 bridgehead atoms. The average Bonchev–Trinajstić information content (AvgIpc) is 2.90. The van der Waals surface area contributed by atoms with Gasteiger partial charge in [0.15, 0.2) is 0 Å². The quantitative estimate of drug-likeness (QED) is 0.592. The third kappa shape index (κ3) is 1.99. The minimum Gasteiger partial charge on any atom is -0.394 e. The van der Waals surface area contributed by atoms with E-state index in [9.17, 15) is 4.79 Å². The molecule has 1 saturated carbocycles. The van der Waals surface area contributed by atoms with Crippen LogP contribution in [0.25, 0.3) is 0 Å². The van der Waals surface area contributed by atoms with Crippen molar-refractivity contribution < 1.29 is 15.0 Å². The van der Waals surface area contributed by atoms with Gasteiger partial charge in [-0.15, -0.1) is 0 Å². The first-order chi connectivity index (χ1) is 7.58. The third-order valence-electron chi connectivity index (χ3n) is 3.74. The second-order valence-corrected chi connectivity index (χ2v) is 5.25.